The van der Waals surface area contributed by atoms with Gasteiger partial charge in [-0.1, -0.05) is 59.8 Å². The maximum absolute atomic E-state index is 12.0. The maximum atomic E-state index is 12.0. The molecule has 1 saturated heterocycles. The fourth-order valence-corrected chi connectivity index (χ4v) is 6.53. The summed E-state index contributed by atoms with van der Waals surface area (Å²) in [5, 5.41) is 1.61. The number of aliphatic imine (C=N–C) groups is 1. The Balaban J connectivity index is 1.62. The van der Waals surface area contributed by atoms with Crippen LogP contribution in [0.2, 0.25) is 5.02 Å². The molecular weight excluding hydrogens is 376 g/mol. The van der Waals surface area contributed by atoms with E-state index in [1.54, 1.807) is 11.8 Å². The molecule has 2 aromatic rings. The molecule has 1 fully saturated rings. The predicted molar refractivity (Wildman–Crippen MR) is 105 cm³/mol. The summed E-state index contributed by atoms with van der Waals surface area (Å²) in [6, 6.07) is 17.3. The fraction of sp³-hybridized carbons (Fsp3) is 0.278. The highest BCUT2D eigenvalue weighted by Gasteiger charge is 2.47. The lowest BCUT2D eigenvalue weighted by atomic mass is 10.1. The normalized spacial score (nSPS) is 24.2. The second kappa shape index (κ2) is 6.67. The standard InChI is InChI=1S/C18H17ClN2O2S2/c19-15-9-5-4-6-13(15)10-24-18-20-16-11-25(22,23)12-17(16)21(18)14-7-2-1-3-8-14/h1-9,16-17H,10-12H2/t16-,17-/m0/s1. The Kier molecular flexibility index (Phi) is 4.52. The molecule has 0 bridgehead atoms. The van der Waals surface area contributed by atoms with Crippen molar-refractivity contribution < 1.29 is 8.42 Å². The van der Waals surface area contributed by atoms with Crippen LogP contribution in [0.3, 0.4) is 0 Å². The first-order chi connectivity index (χ1) is 12.0. The number of nitrogens with zero attached hydrogens (tertiary/aromatic N) is 2. The summed E-state index contributed by atoms with van der Waals surface area (Å²) in [6.07, 6.45) is 0. The number of benzene rings is 2. The molecule has 0 amide bonds. The molecule has 7 heteroatoms. The van der Waals surface area contributed by atoms with Crippen molar-refractivity contribution in [3.8, 4) is 0 Å². The highest BCUT2D eigenvalue weighted by molar-refractivity contribution is 8.13. The summed E-state index contributed by atoms with van der Waals surface area (Å²) in [5.41, 5.74) is 2.03. The zero-order valence-electron chi connectivity index (χ0n) is 13.4. The van der Waals surface area contributed by atoms with Crippen LogP contribution < -0.4 is 4.90 Å². The third kappa shape index (κ3) is 3.43. The molecule has 4 nitrogen and oxygen atoms in total. The van der Waals surface area contributed by atoms with E-state index < -0.39 is 9.84 Å². The number of thioether (sulfide) groups is 1. The Morgan fingerprint density at radius 2 is 1.80 bits per heavy atom. The zero-order valence-corrected chi connectivity index (χ0v) is 15.8. The van der Waals surface area contributed by atoms with E-state index >= 15 is 0 Å². The lowest BCUT2D eigenvalue weighted by Crippen LogP contribution is -2.39. The first-order valence-corrected chi connectivity index (χ1v) is 11.2. The van der Waals surface area contributed by atoms with Crippen LogP contribution in [0.4, 0.5) is 5.69 Å². The molecule has 2 heterocycles. The molecule has 2 aliphatic rings. The number of hydrogen-bond donors (Lipinski definition) is 0. The number of amidine groups is 1. The van der Waals surface area contributed by atoms with E-state index in [1.807, 2.05) is 54.6 Å². The number of rotatable bonds is 3. The summed E-state index contributed by atoms with van der Waals surface area (Å²) in [4.78, 5) is 6.81. The van der Waals surface area contributed by atoms with Crippen LogP contribution in [0.15, 0.2) is 59.6 Å². The van der Waals surface area contributed by atoms with E-state index in [9.17, 15) is 8.42 Å². The molecule has 25 heavy (non-hydrogen) atoms. The molecule has 0 aliphatic carbocycles. The molecule has 0 N–H and O–H groups in total. The number of halogens is 1. The quantitative estimate of drug-likeness (QED) is 0.800. The van der Waals surface area contributed by atoms with Crippen LogP contribution in [0.1, 0.15) is 5.56 Å². The van der Waals surface area contributed by atoms with Crippen molar-refractivity contribution in [1.29, 1.82) is 0 Å². The molecule has 2 aliphatic heterocycles. The number of sulfone groups is 1. The van der Waals surface area contributed by atoms with Gasteiger partial charge in [0.05, 0.1) is 23.6 Å². The van der Waals surface area contributed by atoms with Gasteiger partial charge in [0.2, 0.25) is 0 Å². The van der Waals surface area contributed by atoms with Crippen molar-refractivity contribution in [2.75, 3.05) is 16.4 Å². The number of para-hydroxylation sites is 1. The van der Waals surface area contributed by atoms with E-state index in [0.717, 1.165) is 21.4 Å². The second-order valence-corrected chi connectivity index (χ2v) is 9.71. The van der Waals surface area contributed by atoms with Crippen molar-refractivity contribution in [1.82, 2.24) is 0 Å². The van der Waals surface area contributed by atoms with Gasteiger partial charge in [-0.3, -0.25) is 4.99 Å². The third-order valence-corrected chi connectivity index (χ3v) is 7.54. The van der Waals surface area contributed by atoms with Gasteiger partial charge in [-0.2, -0.15) is 0 Å². The average molecular weight is 393 g/mol. The Morgan fingerprint density at radius 3 is 2.56 bits per heavy atom. The molecule has 130 valence electrons. The smallest absolute Gasteiger partial charge is 0.164 e. The first-order valence-electron chi connectivity index (χ1n) is 8.02. The third-order valence-electron chi connectivity index (χ3n) is 4.46. The van der Waals surface area contributed by atoms with Gasteiger partial charge in [0.1, 0.15) is 0 Å². The molecule has 0 unspecified atom stereocenters. The zero-order chi connectivity index (χ0) is 17.4. The maximum Gasteiger partial charge on any atom is 0.164 e. The molecule has 0 aromatic heterocycles. The van der Waals surface area contributed by atoms with Crippen molar-refractivity contribution in [3.63, 3.8) is 0 Å². The van der Waals surface area contributed by atoms with Crippen LogP contribution in [0, 0.1) is 0 Å². The summed E-state index contributed by atoms with van der Waals surface area (Å²) in [5.74, 6) is 0.997. The SMILES string of the molecule is O=S1(=O)C[C@@H]2N=C(SCc3ccccc3Cl)N(c3ccccc3)[C@H]2C1. The minimum Gasteiger partial charge on any atom is -0.315 e. The summed E-state index contributed by atoms with van der Waals surface area (Å²) in [7, 11) is -3.02. The average Bonchev–Trinajstić information content (AvgIpc) is 3.06. The Hall–Kier alpha value is -1.50. The van der Waals surface area contributed by atoms with E-state index in [0.29, 0.717) is 5.75 Å². The van der Waals surface area contributed by atoms with Crippen molar-refractivity contribution in [2.24, 2.45) is 4.99 Å². The second-order valence-electron chi connectivity index (χ2n) is 6.21. The molecule has 0 spiro atoms. The summed E-state index contributed by atoms with van der Waals surface area (Å²) in [6.45, 7) is 0. The molecule has 2 aromatic carbocycles. The Labute approximate surface area is 156 Å². The van der Waals surface area contributed by atoms with Crippen LogP contribution >= 0.6 is 23.4 Å². The van der Waals surface area contributed by atoms with Gasteiger partial charge in [0.25, 0.3) is 0 Å². The molecule has 4 rings (SSSR count). The highest BCUT2D eigenvalue weighted by atomic mass is 35.5. The minimum atomic E-state index is -3.02. The van der Waals surface area contributed by atoms with Gasteiger partial charge in [-0.05, 0) is 23.8 Å². The highest BCUT2D eigenvalue weighted by Crippen LogP contribution is 2.36. The Morgan fingerprint density at radius 1 is 1.08 bits per heavy atom. The Bertz CT molecular complexity index is 916. The number of anilines is 1. The topological polar surface area (TPSA) is 49.7 Å². The van der Waals surface area contributed by atoms with Gasteiger partial charge < -0.3 is 4.90 Å². The fourth-order valence-electron chi connectivity index (χ4n) is 3.28. The van der Waals surface area contributed by atoms with Gasteiger partial charge in [0, 0.05) is 16.5 Å². The molecular formula is C18H17ClN2O2S2. The van der Waals surface area contributed by atoms with Crippen molar-refractivity contribution >= 4 is 44.1 Å². The van der Waals surface area contributed by atoms with E-state index in [4.69, 9.17) is 16.6 Å². The largest absolute Gasteiger partial charge is 0.315 e. The monoisotopic (exact) mass is 392 g/mol. The van der Waals surface area contributed by atoms with Crippen molar-refractivity contribution in [3.05, 3.63) is 65.2 Å². The number of hydrogen-bond acceptors (Lipinski definition) is 5. The van der Waals surface area contributed by atoms with Gasteiger partial charge >= 0.3 is 0 Å². The van der Waals surface area contributed by atoms with E-state index in [-0.39, 0.29) is 23.6 Å². The van der Waals surface area contributed by atoms with Crippen LogP contribution in [-0.2, 0) is 15.6 Å². The van der Waals surface area contributed by atoms with Gasteiger partial charge in [0.15, 0.2) is 15.0 Å². The summed E-state index contributed by atoms with van der Waals surface area (Å²) < 4.78 is 24.1. The minimum absolute atomic E-state index is 0.110. The lowest BCUT2D eigenvalue weighted by molar-refractivity contribution is 0.601. The summed E-state index contributed by atoms with van der Waals surface area (Å²) >= 11 is 7.86. The van der Waals surface area contributed by atoms with Crippen LogP contribution in [-0.4, -0.2) is 37.2 Å². The molecule has 2 atom stereocenters. The lowest BCUT2D eigenvalue weighted by Gasteiger charge is -2.26. The van der Waals surface area contributed by atoms with Crippen LogP contribution in [0.5, 0.6) is 0 Å². The predicted octanol–water partition coefficient (Wildman–Crippen LogP) is 3.62. The molecule has 0 radical (unpaired) electrons. The number of fused-ring (bicyclic) bond motifs is 1. The molecule has 0 saturated carbocycles. The van der Waals surface area contributed by atoms with E-state index in [1.165, 1.54) is 0 Å². The van der Waals surface area contributed by atoms with Gasteiger partial charge in [-0.25, -0.2) is 8.42 Å². The van der Waals surface area contributed by atoms with Crippen LogP contribution in [0.25, 0.3) is 0 Å². The first kappa shape index (κ1) is 16.9. The van der Waals surface area contributed by atoms with Gasteiger partial charge in [-0.15, -0.1) is 0 Å². The van der Waals surface area contributed by atoms with Crippen molar-refractivity contribution in [2.45, 2.75) is 17.8 Å². The van der Waals surface area contributed by atoms with E-state index in [2.05, 4.69) is 4.90 Å².